The lowest BCUT2D eigenvalue weighted by molar-refractivity contribution is -0.116. The molecule has 0 saturated heterocycles. The maximum atomic E-state index is 12.0. The molecular weight excluding hydrogens is 392 g/mol. The number of halogens is 1. The van der Waals surface area contributed by atoms with Gasteiger partial charge < -0.3 is 21.1 Å². The molecule has 0 radical (unpaired) electrons. The van der Waals surface area contributed by atoms with Crippen LogP contribution in [0.4, 0.5) is 5.69 Å². The van der Waals surface area contributed by atoms with Gasteiger partial charge in [-0.15, -0.1) is 0 Å². The molecule has 2 aromatic rings. The summed E-state index contributed by atoms with van der Waals surface area (Å²) in [6.45, 7) is 5.13. The van der Waals surface area contributed by atoms with Gasteiger partial charge in [-0.25, -0.2) is 4.99 Å². The number of carbonyl (C=O) groups excluding carboxylic acids is 1. The van der Waals surface area contributed by atoms with Crippen molar-refractivity contribution < 1.29 is 9.90 Å². The first-order valence-corrected chi connectivity index (χ1v) is 9.97. The molecule has 8 nitrogen and oxygen atoms in total. The number of rotatable bonds is 9. The Bertz CT molecular complexity index is 817. The van der Waals surface area contributed by atoms with E-state index in [-0.39, 0.29) is 12.5 Å². The second-order valence-corrected chi connectivity index (χ2v) is 7.39. The van der Waals surface area contributed by atoms with Gasteiger partial charge in [0, 0.05) is 49.0 Å². The lowest BCUT2D eigenvalue weighted by Crippen LogP contribution is -2.39. The zero-order valence-corrected chi connectivity index (χ0v) is 17.8. The highest BCUT2D eigenvalue weighted by atomic mass is 35.5. The monoisotopic (exact) mass is 420 g/mol. The van der Waals surface area contributed by atoms with Crippen LogP contribution in [-0.4, -0.2) is 46.4 Å². The maximum Gasteiger partial charge on any atom is 0.224 e. The van der Waals surface area contributed by atoms with Crippen LogP contribution in [0, 0.1) is 0 Å². The number of benzene rings is 1. The van der Waals surface area contributed by atoms with Crippen LogP contribution < -0.4 is 16.0 Å². The molecule has 158 valence electrons. The van der Waals surface area contributed by atoms with Gasteiger partial charge in [-0.1, -0.05) is 11.6 Å². The zero-order valence-electron chi connectivity index (χ0n) is 17.1. The molecule has 2 rings (SSSR count). The summed E-state index contributed by atoms with van der Waals surface area (Å²) in [5.41, 5.74) is 0.313. The SMILES string of the molecule is CCNC(=NCC(C)(O)c1cnn(C)c1)NCCCC(=O)Nc1ccc(Cl)cc1. The lowest BCUT2D eigenvalue weighted by atomic mass is 10.0. The predicted octanol–water partition coefficient (Wildman–Crippen LogP) is 2.25. The van der Waals surface area contributed by atoms with Gasteiger partial charge >= 0.3 is 0 Å². The summed E-state index contributed by atoms with van der Waals surface area (Å²) in [5.74, 6) is 0.533. The number of amides is 1. The van der Waals surface area contributed by atoms with E-state index in [0.29, 0.717) is 42.5 Å². The second-order valence-electron chi connectivity index (χ2n) is 6.96. The van der Waals surface area contributed by atoms with E-state index in [1.165, 1.54) is 0 Å². The molecule has 0 spiro atoms. The average Bonchev–Trinajstić information content (AvgIpc) is 3.12. The number of hydrogen-bond donors (Lipinski definition) is 4. The fraction of sp³-hybridized carbons (Fsp3) is 0.450. The number of aliphatic hydroxyl groups is 1. The Morgan fingerprint density at radius 2 is 2.03 bits per heavy atom. The summed E-state index contributed by atoms with van der Waals surface area (Å²) < 4.78 is 1.64. The molecule has 0 saturated carbocycles. The molecule has 0 aliphatic heterocycles. The number of guanidine groups is 1. The minimum Gasteiger partial charge on any atom is -0.383 e. The number of nitrogens with one attached hydrogen (secondary N) is 3. The Morgan fingerprint density at radius 1 is 1.31 bits per heavy atom. The van der Waals surface area contributed by atoms with Crippen LogP contribution >= 0.6 is 11.6 Å². The summed E-state index contributed by atoms with van der Waals surface area (Å²) in [6.07, 6.45) is 4.43. The van der Waals surface area contributed by atoms with Crippen LogP contribution in [0.1, 0.15) is 32.3 Å². The van der Waals surface area contributed by atoms with E-state index in [2.05, 4.69) is 26.0 Å². The van der Waals surface area contributed by atoms with Crippen molar-refractivity contribution >= 4 is 29.2 Å². The number of nitrogens with zero attached hydrogens (tertiary/aromatic N) is 3. The Balaban J connectivity index is 1.78. The number of aryl methyl sites for hydroxylation is 1. The highest BCUT2D eigenvalue weighted by Gasteiger charge is 2.24. The van der Waals surface area contributed by atoms with Crippen molar-refractivity contribution in [2.75, 3.05) is 25.0 Å². The Labute approximate surface area is 176 Å². The van der Waals surface area contributed by atoms with E-state index >= 15 is 0 Å². The minimum absolute atomic E-state index is 0.0597. The quantitative estimate of drug-likeness (QED) is 0.283. The van der Waals surface area contributed by atoms with E-state index in [4.69, 9.17) is 11.6 Å². The fourth-order valence-electron chi connectivity index (χ4n) is 2.58. The lowest BCUT2D eigenvalue weighted by Gasteiger charge is -2.20. The van der Waals surface area contributed by atoms with Crippen LogP contribution in [0.3, 0.4) is 0 Å². The van der Waals surface area contributed by atoms with Gasteiger partial charge in [0.25, 0.3) is 0 Å². The minimum atomic E-state index is -1.12. The van der Waals surface area contributed by atoms with E-state index < -0.39 is 5.60 Å². The molecule has 9 heteroatoms. The second kappa shape index (κ2) is 10.8. The molecule has 1 aromatic carbocycles. The average molecular weight is 421 g/mol. The number of carbonyl (C=O) groups is 1. The van der Waals surface area contributed by atoms with Crippen LogP contribution in [-0.2, 0) is 17.4 Å². The summed E-state index contributed by atoms with van der Waals surface area (Å²) in [4.78, 5) is 16.5. The summed E-state index contributed by atoms with van der Waals surface area (Å²) in [5, 5.41) is 24.5. The van der Waals surface area contributed by atoms with Crippen molar-refractivity contribution in [2.45, 2.75) is 32.3 Å². The summed E-state index contributed by atoms with van der Waals surface area (Å²) >= 11 is 5.84. The molecule has 29 heavy (non-hydrogen) atoms. The van der Waals surface area contributed by atoms with Crippen LogP contribution in [0.5, 0.6) is 0 Å². The molecule has 1 amide bonds. The molecule has 1 aromatic heterocycles. The van der Waals surface area contributed by atoms with E-state index in [9.17, 15) is 9.90 Å². The van der Waals surface area contributed by atoms with E-state index in [0.717, 1.165) is 5.69 Å². The normalized spacial score (nSPS) is 13.6. The zero-order chi connectivity index (χ0) is 21.3. The molecular formula is C20H29ClN6O2. The summed E-state index contributed by atoms with van der Waals surface area (Å²) in [7, 11) is 1.80. The van der Waals surface area contributed by atoms with Crippen molar-refractivity contribution in [1.82, 2.24) is 20.4 Å². The standard InChI is InChI=1S/C20H29ClN6O2/c1-4-22-19(24-14-20(2,29)15-12-25-27(3)13-15)23-11-5-6-18(28)26-17-9-7-16(21)8-10-17/h7-10,12-13,29H,4-6,11,14H2,1-3H3,(H,26,28)(H2,22,23,24). The maximum absolute atomic E-state index is 12.0. The smallest absolute Gasteiger partial charge is 0.224 e. The third-order valence-corrected chi connectivity index (χ3v) is 4.47. The molecule has 0 fully saturated rings. The van der Waals surface area contributed by atoms with Crippen molar-refractivity contribution in [3.63, 3.8) is 0 Å². The topological polar surface area (TPSA) is 104 Å². The van der Waals surface area contributed by atoms with Crippen molar-refractivity contribution in [3.05, 3.63) is 47.2 Å². The molecule has 1 unspecified atom stereocenters. The molecule has 0 bridgehead atoms. The van der Waals surface area contributed by atoms with Gasteiger partial charge in [-0.2, -0.15) is 5.10 Å². The van der Waals surface area contributed by atoms with Gasteiger partial charge in [-0.05, 0) is 44.5 Å². The van der Waals surface area contributed by atoms with Crippen molar-refractivity contribution in [3.8, 4) is 0 Å². The van der Waals surface area contributed by atoms with Crippen LogP contribution in [0.15, 0.2) is 41.7 Å². The van der Waals surface area contributed by atoms with Gasteiger partial charge in [0.05, 0.1) is 12.7 Å². The summed E-state index contributed by atoms with van der Waals surface area (Å²) in [6, 6.07) is 7.00. The number of aliphatic imine (C=N–C) groups is 1. The van der Waals surface area contributed by atoms with E-state index in [1.807, 2.05) is 6.92 Å². The molecule has 0 aliphatic carbocycles. The highest BCUT2D eigenvalue weighted by Crippen LogP contribution is 2.19. The molecule has 1 atom stereocenters. The number of hydrogen-bond acceptors (Lipinski definition) is 4. The highest BCUT2D eigenvalue weighted by molar-refractivity contribution is 6.30. The molecule has 1 heterocycles. The van der Waals surface area contributed by atoms with Gasteiger partial charge in [0.1, 0.15) is 5.60 Å². The van der Waals surface area contributed by atoms with Crippen LogP contribution in [0.2, 0.25) is 5.02 Å². The van der Waals surface area contributed by atoms with E-state index in [1.54, 1.807) is 55.3 Å². The first-order valence-electron chi connectivity index (χ1n) is 9.59. The van der Waals surface area contributed by atoms with Crippen molar-refractivity contribution in [2.24, 2.45) is 12.0 Å². The fourth-order valence-corrected chi connectivity index (χ4v) is 2.70. The third-order valence-electron chi connectivity index (χ3n) is 4.22. The Hall–Kier alpha value is -2.58. The first-order chi connectivity index (χ1) is 13.8. The first kappa shape index (κ1) is 22.7. The number of aromatic nitrogens is 2. The molecule has 0 aliphatic rings. The number of anilines is 1. The van der Waals surface area contributed by atoms with Crippen molar-refractivity contribution in [1.29, 1.82) is 0 Å². The largest absolute Gasteiger partial charge is 0.383 e. The third kappa shape index (κ3) is 7.75. The van der Waals surface area contributed by atoms with Gasteiger partial charge in [-0.3, -0.25) is 9.48 Å². The van der Waals surface area contributed by atoms with Gasteiger partial charge in [0.2, 0.25) is 5.91 Å². The molecule has 4 N–H and O–H groups in total. The predicted molar refractivity (Wildman–Crippen MR) is 116 cm³/mol. The van der Waals surface area contributed by atoms with Gasteiger partial charge in [0.15, 0.2) is 5.96 Å². The Morgan fingerprint density at radius 3 is 2.66 bits per heavy atom. The Kier molecular flexibility index (Phi) is 8.48. The van der Waals surface area contributed by atoms with Crippen LogP contribution in [0.25, 0.3) is 0 Å².